The molecule has 0 heterocycles. The Labute approximate surface area is 199 Å². The predicted octanol–water partition coefficient (Wildman–Crippen LogP) is 5.07. The van der Waals surface area contributed by atoms with Crippen LogP contribution in [0.3, 0.4) is 0 Å². The summed E-state index contributed by atoms with van der Waals surface area (Å²) in [4.78, 5) is 0. The number of allylic oxidation sites excluding steroid dienone is 4. The second-order valence-electron chi connectivity index (χ2n) is 9.56. The van der Waals surface area contributed by atoms with E-state index in [1.807, 2.05) is 0 Å². The summed E-state index contributed by atoms with van der Waals surface area (Å²) in [5.41, 5.74) is -2.75. The van der Waals surface area contributed by atoms with E-state index >= 15 is 17.6 Å². The van der Waals surface area contributed by atoms with Crippen molar-refractivity contribution in [2.75, 3.05) is 14.1 Å². The van der Waals surface area contributed by atoms with Gasteiger partial charge in [-0.05, 0) is 23.3 Å². The van der Waals surface area contributed by atoms with Crippen LogP contribution in [0, 0.1) is 63.6 Å². The minimum atomic E-state index is -2.53. The third kappa shape index (κ3) is 3.51. The van der Waals surface area contributed by atoms with Gasteiger partial charge >= 0.3 is 0 Å². The fourth-order valence-corrected chi connectivity index (χ4v) is 5.08. The molecule has 0 saturated heterocycles. The molecule has 2 aromatic carbocycles. The fraction of sp³-hybridized carbons (Fsp3) is 0.292. The molecule has 0 fully saturated rings. The highest BCUT2D eigenvalue weighted by Crippen LogP contribution is 2.50. The average Bonchev–Trinajstić information content (AvgIpc) is 3.37. The van der Waals surface area contributed by atoms with Crippen molar-refractivity contribution >= 4 is 23.4 Å². The van der Waals surface area contributed by atoms with Gasteiger partial charge in [-0.1, -0.05) is 19.9 Å². The van der Waals surface area contributed by atoms with Crippen LogP contribution in [-0.4, -0.2) is 31.1 Å². The van der Waals surface area contributed by atoms with Gasteiger partial charge in [-0.2, -0.15) is 10.9 Å². The maximum Gasteiger partial charge on any atom is 0.200 e. The third-order valence-corrected chi connectivity index (χ3v) is 6.75. The maximum absolute atomic E-state index is 15.0. The standard InChI is InChI=1S/C24H17BF10N/c1-24(2)7-10(36(3)4)11-8(24)5-6-9(11)25(12-14(26)18(30)22(34)19(31)15(12)27)13-16(28)20(32)23(35)21(33)17(13)29/h5-6,9H,7H2,1-4H3/t9-/m1/s1. The first kappa shape index (κ1) is 26.0. The molecule has 0 aromatic heterocycles. The van der Waals surface area contributed by atoms with E-state index in [-0.39, 0.29) is 5.57 Å². The van der Waals surface area contributed by atoms with E-state index in [2.05, 4.69) is 0 Å². The topological polar surface area (TPSA) is 3.01 Å². The first-order chi connectivity index (χ1) is 16.6. The highest BCUT2D eigenvalue weighted by atomic mass is 19.2. The van der Waals surface area contributed by atoms with Crippen LogP contribution in [0.2, 0.25) is 5.82 Å². The summed E-state index contributed by atoms with van der Waals surface area (Å²) in [6, 6.07) is 0. The van der Waals surface area contributed by atoms with Crippen LogP contribution in [0.5, 0.6) is 0 Å². The Hall–Kier alpha value is -3.05. The summed E-state index contributed by atoms with van der Waals surface area (Å²) in [6.07, 6.45) is 2.99. The summed E-state index contributed by atoms with van der Waals surface area (Å²) in [6.45, 7) is 1.08. The van der Waals surface area contributed by atoms with Gasteiger partial charge in [-0.25, -0.2) is 48.5 Å². The van der Waals surface area contributed by atoms with Gasteiger partial charge in [0, 0.05) is 6.42 Å². The highest BCUT2D eigenvalue weighted by Gasteiger charge is 2.45. The lowest BCUT2D eigenvalue weighted by atomic mass is 9.32. The summed E-state index contributed by atoms with van der Waals surface area (Å²) in [7, 11) is 3.20. The zero-order valence-electron chi connectivity index (χ0n) is 19.2. The zero-order chi connectivity index (χ0) is 27.0. The Morgan fingerprint density at radius 3 is 1.39 bits per heavy atom. The van der Waals surface area contributed by atoms with Crippen LogP contribution in [0.4, 0.5) is 43.9 Å². The quantitative estimate of drug-likeness (QED) is 0.175. The summed E-state index contributed by atoms with van der Waals surface area (Å²) >= 11 is 0. The summed E-state index contributed by atoms with van der Waals surface area (Å²) < 4.78 is 146. The Morgan fingerprint density at radius 1 is 0.667 bits per heavy atom. The maximum atomic E-state index is 15.0. The van der Waals surface area contributed by atoms with Crippen LogP contribution >= 0.6 is 0 Å². The molecule has 0 unspecified atom stereocenters. The molecule has 4 rings (SSSR count). The lowest BCUT2D eigenvalue weighted by molar-refractivity contribution is -0.465. The largest absolute Gasteiger partial charge is 0.239 e. The van der Waals surface area contributed by atoms with Crippen molar-refractivity contribution in [2.45, 2.75) is 26.1 Å². The second-order valence-corrected chi connectivity index (χ2v) is 9.56. The van der Waals surface area contributed by atoms with E-state index in [1.165, 1.54) is 12.2 Å². The van der Waals surface area contributed by atoms with Crippen molar-refractivity contribution in [1.82, 2.24) is 0 Å². The van der Waals surface area contributed by atoms with Crippen LogP contribution in [-0.2, 0) is 0 Å². The van der Waals surface area contributed by atoms with E-state index in [4.69, 9.17) is 0 Å². The van der Waals surface area contributed by atoms with E-state index in [0.29, 0.717) is 17.7 Å². The monoisotopic (exact) mass is 520 g/mol. The molecule has 12 heteroatoms. The highest BCUT2D eigenvalue weighted by molar-refractivity contribution is 6.88. The normalized spacial score (nSPS) is 18.6. The molecule has 36 heavy (non-hydrogen) atoms. The molecule has 0 saturated carbocycles. The molecule has 1 atom stereocenters. The van der Waals surface area contributed by atoms with Crippen molar-refractivity contribution in [1.29, 1.82) is 0 Å². The average molecular weight is 520 g/mol. The molecule has 0 amide bonds. The van der Waals surface area contributed by atoms with Crippen LogP contribution in [0.1, 0.15) is 20.3 Å². The Balaban J connectivity index is 2.16. The summed E-state index contributed by atoms with van der Waals surface area (Å²) in [5.74, 6) is -26.0. The fourth-order valence-electron chi connectivity index (χ4n) is 5.08. The lowest BCUT2D eigenvalue weighted by Gasteiger charge is -2.37. The van der Waals surface area contributed by atoms with E-state index in [1.54, 1.807) is 32.5 Å². The first-order valence-electron chi connectivity index (χ1n) is 10.6. The molecule has 1 radical (unpaired) electrons. The van der Waals surface area contributed by atoms with Gasteiger partial charge in [-0.15, -0.1) is 11.9 Å². The Bertz CT molecular complexity index is 1290. The van der Waals surface area contributed by atoms with Gasteiger partial charge in [0.2, 0.25) is 0 Å². The van der Waals surface area contributed by atoms with Crippen LogP contribution in [0.25, 0.3) is 0 Å². The van der Waals surface area contributed by atoms with E-state index in [0.717, 1.165) is 0 Å². The Kier molecular flexibility index (Phi) is 6.16. The number of hydrogen-bond acceptors (Lipinski definition) is 0. The molecule has 0 bridgehead atoms. The Morgan fingerprint density at radius 2 is 1.03 bits per heavy atom. The van der Waals surface area contributed by atoms with E-state index < -0.39 is 87.0 Å². The van der Waals surface area contributed by atoms with Crippen molar-refractivity contribution in [3.05, 3.63) is 81.5 Å². The van der Waals surface area contributed by atoms with Crippen LogP contribution in [0.15, 0.2) is 23.3 Å². The molecule has 2 aliphatic rings. The van der Waals surface area contributed by atoms with Gasteiger partial charge < -0.3 is 0 Å². The van der Waals surface area contributed by atoms with Crippen LogP contribution < -0.4 is 10.9 Å². The number of benzene rings is 2. The first-order valence-corrected chi connectivity index (χ1v) is 10.6. The molecule has 191 valence electrons. The van der Waals surface area contributed by atoms with Crippen molar-refractivity contribution < 1.29 is 48.5 Å². The molecule has 0 N–H and O–H groups in total. The zero-order valence-corrected chi connectivity index (χ0v) is 19.2. The number of halogens is 10. The van der Waals surface area contributed by atoms with Crippen molar-refractivity contribution in [3.8, 4) is 0 Å². The van der Waals surface area contributed by atoms with Gasteiger partial charge in [0.15, 0.2) is 40.6 Å². The van der Waals surface area contributed by atoms with Gasteiger partial charge in [0.1, 0.15) is 37.4 Å². The molecular formula is C24H17BF10N. The predicted molar refractivity (Wildman–Crippen MR) is 113 cm³/mol. The molecule has 2 aliphatic carbocycles. The third-order valence-electron chi connectivity index (χ3n) is 6.75. The minimum Gasteiger partial charge on any atom is -0.239 e. The molecule has 2 aromatic rings. The number of rotatable bonds is 3. The summed E-state index contributed by atoms with van der Waals surface area (Å²) in [5, 5.41) is 0. The molecular weight excluding hydrogens is 503 g/mol. The van der Waals surface area contributed by atoms with Gasteiger partial charge in [0.25, 0.3) is 0 Å². The van der Waals surface area contributed by atoms with Gasteiger partial charge in [-0.3, -0.25) is 0 Å². The minimum absolute atomic E-state index is 0.239. The van der Waals surface area contributed by atoms with Crippen molar-refractivity contribution in [2.24, 2.45) is 5.41 Å². The van der Waals surface area contributed by atoms with Crippen molar-refractivity contribution in [3.63, 3.8) is 0 Å². The molecule has 0 spiro atoms. The molecule has 0 aliphatic heterocycles. The SMILES string of the molecule is C[N+](C)=C1CC(C)(C)C2=C1[C@H]([B-](c1c(F)c(F)c(F)c(F)c1F)c1c(F)c(F)c(F)c(F)c1F)C=C2. The number of nitrogens with zero attached hydrogens (tertiary/aromatic N) is 1. The second kappa shape index (κ2) is 8.52. The van der Waals surface area contributed by atoms with E-state index in [9.17, 15) is 26.3 Å². The molecule has 1 nitrogen and oxygen atoms in total. The lowest BCUT2D eigenvalue weighted by Crippen LogP contribution is -2.53. The van der Waals surface area contributed by atoms with Gasteiger partial charge in [0.05, 0.1) is 0 Å². The number of hydrogen-bond donors (Lipinski definition) is 0. The smallest absolute Gasteiger partial charge is 0.200 e.